The molecule has 0 saturated carbocycles. The number of furan rings is 1. The minimum Gasteiger partial charge on any atom is -0.463 e. The maximum absolute atomic E-state index is 13.0. The summed E-state index contributed by atoms with van der Waals surface area (Å²) in [6, 6.07) is 6.28. The van der Waals surface area contributed by atoms with Crippen LogP contribution in [0, 0.1) is 6.92 Å². The van der Waals surface area contributed by atoms with Gasteiger partial charge in [-0.15, -0.1) is 0 Å². The number of aryl methyl sites for hydroxylation is 1. The lowest BCUT2D eigenvalue weighted by atomic mass is 10.1. The third-order valence-electron chi connectivity index (χ3n) is 5.09. The fourth-order valence-corrected chi connectivity index (χ4v) is 5.42. The summed E-state index contributed by atoms with van der Waals surface area (Å²) in [6.45, 7) is 1.77. The summed E-state index contributed by atoms with van der Waals surface area (Å²) in [6.07, 6.45) is 3.32. The molecule has 4 aromatic rings. The fourth-order valence-electron chi connectivity index (χ4n) is 3.73. The standard InChI is InChI=1S/C19H17N5O5S/c1-11-17-13(19(25)21-16-4-7-29-23-16)9-14(15-3-2-6-28-15)20-18(17)24(22-11)12-5-8-30(26,27)10-12/h2-4,6-7,9,12H,5,8,10H2,1H3,(H,21,23,25). The number of hydrogen-bond acceptors (Lipinski definition) is 8. The van der Waals surface area contributed by atoms with Gasteiger partial charge in [0.1, 0.15) is 12.0 Å². The number of sulfone groups is 1. The zero-order valence-corrected chi connectivity index (χ0v) is 16.7. The molecule has 1 aliphatic heterocycles. The van der Waals surface area contributed by atoms with Crippen molar-refractivity contribution >= 4 is 32.6 Å². The molecule has 0 aromatic carbocycles. The fraction of sp³-hybridized carbons (Fsp3) is 0.263. The smallest absolute Gasteiger partial charge is 0.257 e. The predicted octanol–water partition coefficient (Wildman–Crippen LogP) is 2.60. The SMILES string of the molecule is Cc1nn(C2CCS(=O)(=O)C2)c2nc(-c3ccco3)cc(C(=O)Nc3ccon3)c12. The summed E-state index contributed by atoms with van der Waals surface area (Å²) >= 11 is 0. The van der Waals surface area contributed by atoms with E-state index in [4.69, 9.17) is 8.94 Å². The predicted molar refractivity (Wildman–Crippen MR) is 107 cm³/mol. The van der Waals surface area contributed by atoms with Gasteiger partial charge in [-0.1, -0.05) is 5.16 Å². The van der Waals surface area contributed by atoms with Crippen molar-refractivity contribution in [1.82, 2.24) is 19.9 Å². The number of fused-ring (bicyclic) bond motifs is 1. The third kappa shape index (κ3) is 3.16. The normalized spacial score (nSPS) is 18.1. The maximum Gasteiger partial charge on any atom is 0.257 e. The molecule has 0 bridgehead atoms. The molecule has 0 radical (unpaired) electrons. The molecule has 1 atom stereocenters. The molecular formula is C19H17N5O5S. The van der Waals surface area contributed by atoms with Crippen LogP contribution >= 0.6 is 0 Å². The van der Waals surface area contributed by atoms with Crippen LogP contribution in [0.15, 0.2) is 45.7 Å². The lowest BCUT2D eigenvalue weighted by Gasteiger charge is -2.11. The molecule has 0 spiro atoms. The van der Waals surface area contributed by atoms with E-state index in [1.54, 1.807) is 29.8 Å². The van der Waals surface area contributed by atoms with Gasteiger partial charge < -0.3 is 14.3 Å². The first kappa shape index (κ1) is 18.6. The van der Waals surface area contributed by atoms with Gasteiger partial charge in [-0.3, -0.25) is 4.79 Å². The molecule has 4 aromatic heterocycles. The first-order valence-electron chi connectivity index (χ1n) is 9.27. The van der Waals surface area contributed by atoms with Crippen LogP contribution in [0.25, 0.3) is 22.5 Å². The van der Waals surface area contributed by atoms with Crippen molar-refractivity contribution in [2.24, 2.45) is 0 Å². The molecule has 0 aliphatic carbocycles. The molecule has 1 saturated heterocycles. The molecule has 1 amide bonds. The van der Waals surface area contributed by atoms with Crippen molar-refractivity contribution in [1.29, 1.82) is 0 Å². The zero-order valence-electron chi connectivity index (χ0n) is 15.9. The summed E-state index contributed by atoms with van der Waals surface area (Å²) in [5, 5.41) is 11.5. The zero-order chi connectivity index (χ0) is 20.9. The highest BCUT2D eigenvalue weighted by Gasteiger charge is 2.32. The highest BCUT2D eigenvalue weighted by molar-refractivity contribution is 7.91. The van der Waals surface area contributed by atoms with Gasteiger partial charge in [0.15, 0.2) is 27.1 Å². The van der Waals surface area contributed by atoms with Crippen molar-refractivity contribution in [3.8, 4) is 11.5 Å². The Hall–Kier alpha value is -3.47. The molecule has 154 valence electrons. The van der Waals surface area contributed by atoms with Crippen molar-refractivity contribution in [2.75, 3.05) is 16.8 Å². The van der Waals surface area contributed by atoms with E-state index in [1.165, 1.54) is 18.6 Å². The van der Waals surface area contributed by atoms with E-state index in [0.29, 0.717) is 40.2 Å². The number of nitrogens with zero attached hydrogens (tertiary/aromatic N) is 4. The first-order valence-corrected chi connectivity index (χ1v) is 11.1. The van der Waals surface area contributed by atoms with E-state index in [2.05, 4.69) is 20.6 Å². The van der Waals surface area contributed by atoms with Gasteiger partial charge in [-0.05, 0) is 31.5 Å². The van der Waals surface area contributed by atoms with E-state index in [-0.39, 0.29) is 23.4 Å². The van der Waals surface area contributed by atoms with Crippen molar-refractivity contribution < 1.29 is 22.2 Å². The highest BCUT2D eigenvalue weighted by Crippen LogP contribution is 2.32. The van der Waals surface area contributed by atoms with Crippen LogP contribution in [0.2, 0.25) is 0 Å². The summed E-state index contributed by atoms with van der Waals surface area (Å²) in [5.41, 5.74) is 1.80. The number of hydrogen-bond donors (Lipinski definition) is 1. The topological polar surface area (TPSA) is 133 Å². The quantitative estimate of drug-likeness (QED) is 0.525. The number of carbonyl (C=O) groups excluding carboxylic acids is 1. The largest absolute Gasteiger partial charge is 0.463 e. The van der Waals surface area contributed by atoms with Crippen LogP contribution < -0.4 is 5.32 Å². The van der Waals surface area contributed by atoms with Gasteiger partial charge in [-0.2, -0.15) is 5.10 Å². The summed E-state index contributed by atoms with van der Waals surface area (Å²) in [4.78, 5) is 17.7. The highest BCUT2D eigenvalue weighted by atomic mass is 32.2. The molecule has 10 nitrogen and oxygen atoms in total. The second kappa shape index (κ2) is 6.80. The monoisotopic (exact) mass is 427 g/mol. The second-order valence-corrected chi connectivity index (χ2v) is 9.39. The van der Waals surface area contributed by atoms with Gasteiger partial charge in [0.2, 0.25) is 0 Å². The second-order valence-electron chi connectivity index (χ2n) is 7.16. The average molecular weight is 427 g/mol. The van der Waals surface area contributed by atoms with Crippen LogP contribution in [0.4, 0.5) is 5.82 Å². The number of carbonyl (C=O) groups is 1. The number of aromatic nitrogens is 4. The molecule has 30 heavy (non-hydrogen) atoms. The lowest BCUT2D eigenvalue weighted by molar-refractivity contribution is 0.102. The van der Waals surface area contributed by atoms with Gasteiger partial charge in [0.05, 0.1) is 40.5 Å². The van der Waals surface area contributed by atoms with Crippen LogP contribution in [0.3, 0.4) is 0 Å². The third-order valence-corrected chi connectivity index (χ3v) is 6.84. The van der Waals surface area contributed by atoms with Crippen molar-refractivity contribution in [2.45, 2.75) is 19.4 Å². The van der Waals surface area contributed by atoms with Gasteiger partial charge in [0.25, 0.3) is 5.91 Å². The Kier molecular flexibility index (Phi) is 4.21. The number of nitrogens with one attached hydrogen (secondary N) is 1. The average Bonchev–Trinajstić information content (AvgIpc) is 3.49. The number of pyridine rings is 1. The molecule has 1 fully saturated rings. The van der Waals surface area contributed by atoms with Crippen molar-refractivity contribution in [3.05, 3.63) is 48.0 Å². The van der Waals surface area contributed by atoms with Crippen molar-refractivity contribution in [3.63, 3.8) is 0 Å². The van der Waals surface area contributed by atoms with Gasteiger partial charge in [0, 0.05) is 6.07 Å². The molecule has 1 unspecified atom stereocenters. The minimum absolute atomic E-state index is 0.00362. The molecular weight excluding hydrogens is 410 g/mol. The van der Waals surface area contributed by atoms with E-state index in [1.807, 2.05) is 0 Å². The minimum atomic E-state index is -3.12. The van der Waals surface area contributed by atoms with E-state index >= 15 is 0 Å². The lowest BCUT2D eigenvalue weighted by Crippen LogP contribution is -2.15. The number of rotatable bonds is 4. The Morgan fingerprint density at radius 3 is 2.83 bits per heavy atom. The molecule has 11 heteroatoms. The summed E-state index contributed by atoms with van der Waals surface area (Å²) in [7, 11) is -3.12. The van der Waals surface area contributed by atoms with Gasteiger partial charge in [-0.25, -0.2) is 18.1 Å². The Morgan fingerprint density at radius 2 is 2.17 bits per heavy atom. The van der Waals surface area contributed by atoms with Crippen LogP contribution in [-0.2, 0) is 9.84 Å². The Bertz CT molecular complexity index is 1340. The number of anilines is 1. The Balaban J connectivity index is 1.69. The molecule has 5 heterocycles. The van der Waals surface area contributed by atoms with Gasteiger partial charge >= 0.3 is 0 Å². The Morgan fingerprint density at radius 1 is 1.30 bits per heavy atom. The van der Waals surface area contributed by atoms with E-state index in [0.717, 1.165) is 0 Å². The van der Waals surface area contributed by atoms with E-state index in [9.17, 15) is 13.2 Å². The molecule has 1 aliphatic rings. The summed E-state index contributed by atoms with van der Waals surface area (Å²) < 4.78 is 35.9. The Labute approximate surface area is 170 Å². The van der Waals surface area contributed by atoms with E-state index < -0.39 is 15.7 Å². The first-order chi connectivity index (χ1) is 14.4. The maximum atomic E-state index is 13.0. The summed E-state index contributed by atoms with van der Waals surface area (Å²) in [5.74, 6) is 0.449. The van der Waals surface area contributed by atoms with Crippen LogP contribution in [0.5, 0.6) is 0 Å². The molecule has 1 N–H and O–H groups in total. The molecule has 5 rings (SSSR count). The van der Waals surface area contributed by atoms with Crippen LogP contribution in [-0.4, -0.2) is 45.8 Å². The van der Waals surface area contributed by atoms with Crippen LogP contribution in [0.1, 0.15) is 28.5 Å². The number of amides is 1.